The minimum atomic E-state index is -0.350. The largest absolute Gasteiger partial charge is 0.497 e. The Hall–Kier alpha value is -5.63. The van der Waals surface area contributed by atoms with E-state index < -0.39 is 0 Å². The van der Waals surface area contributed by atoms with Gasteiger partial charge in [0.05, 0.1) is 36.2 Å². The number of nitrogens with zero attached hydrogens (tertiary/aromatic N) is 2. The standard InChI is InChI=1S/C37H33N3O5/c1-3-4-21-43-29-17-13-27(14-18-29)34-23-31(30-7-5-6-8-33(30)38-34)37(41)40-39-32(26-11-15-28(42-2)16-12-26)19-9-25-10-20-35-36(22-25)45-24-44-35/h5-20,22-23H,3-4,21,24H2,1-2H3,(H,40,41)/b19-9-,39-32?. The number of unbranched alkanes of at least 4 members (excludes halogenated alkanes) is 1. The molecule has 0 aliphatic carbocycles. The zero-order valence-electron chi connectivity index (χ0n) is 25.2. The molecule has 0 spiro atoms. The van der Waals surface area contributed by atoms with E-state index in [2.05, 4.69) is 17.5 Å². The fourth-order valence-corrected chi connectivity index (χ4v) is 4.89. The maximum atomic E-state index is 13.7. The van der Waals surface area contributed by atoms with Crippen LogP contribution in [0.1, 0.15) is 41.3 Å². The highest BCUT2D eigenvalue weighted by molar-refractivity contribution is 6.12. The van der Waals surface area contributed by atoms with Crippen LogP contribution in [0, 0.1) is 0 Å². The first kappa shape index (κ1) is 29.4. The van der Waals surface area contributed by atoms with Gasteiger partial charge >= 0.3 is 0 Å². The molecule has 2 heterocycles. The number of ether oxygens (including phenoxy) is 4. The van der Waals surface area contributed by atoms with E-state index in [0.29, 0.717) is 40.6 Å². The lowest BCUT2D eigenvalue weighted by Gasteiger charge is -2.11. The third-order valence-electron chi connectivity index (χ3n) is 7.37. The normalized spacial score (nSPS) is 12.4. The summed E-state index contributed by atoms with van der Waals surface area (Å²) in [6.45, 7) is 3.02. The molecule has 1 aromatic heterocycles. The van der Waals surface area contributed by atoms with Gasteiger partial charge in [-0.25, -0.2) is 10.4 Å². The van der Waals surface area contributed by atoms with E-state index in [1.54, 1.807) is 13.2 Å². The Labute approximate surface area is 261 Å². The summed E-state index contributed by atoms with van der Waals surface area (Å²) in [5.41, 5.74) is 7.79. The number of fused-ring (bicyclic) bond motifs is 2. The van der Waals surface area contributed by atoms with Crippen molar-refractivity contribution in [2.75, 3.05) is 20.5 Å². The predicted molar refractivity (Wildman–Crippen MR) is 176 cm³/mol. The molecular formula is C37H33N3O5. The average Bonchev–Trinajstić information content (AvgIpc) is 3.56. The number of nitrogens with one attached hydrogen (secondary N) is 1. The number of rotatable bonds is 11. The van der Waals surface area contributed by atoms with Crippen LogP contribution in [0.15, 0.2) is 108 Å². The molecule has 5 aromatic rings. The van der Waals surface area contributed by atoms with E-state index in [0.717, 1.165) is 46.4 Å². The minimum absolute atomic E-state index is 0.206. The van der Waals surface area contributed by atoms with Crippen LogP contribution in [-0.4, -0.2) is 37.1 Å². The molecule has 0 atom stereocenters. The molecule has 1 N–H and O–H groups in total. The van der Waals surface area contributed by atoms with Crippen molar-refractivity contribution in [3.05, 3.63) is 120 Å². The molecule has 8 nitrogen and oxygen atoms in total. The number of methoxy groups -OCH3 is 1. The highest BCUT2D eigenvalue weighted by Gasteiger charge is 2.15. The van der Waals surface area contributed by atoms with Crippen molar-refractivity contribution >= 4 is 28.6 Å². The van der Waals surface area contributed by atoms with Crippen LogP contribution in [0.2, 0.25) is 0 Å². The summed E-state index contributed by atoms with van der Waals surface area (Å²) in [7, 11) is 1.62. The van der Waals surface area contributed by atoms with Crippen molar-refractivity contribution in [1.29, 1.82) is 0 Å². The molecule has 0 bridgehead atoms. The number of amides is 1. The smallest absolute Gasteiger partial charge is 0.272 e. The molecule has 0 saturated heterocycles. The summed E-state index contributed by atoms with van der Waals surface area (Å²) in [6, 6.07) is 30.4. The number of allylic oxidation sites excluding steroid dienone is 1. The van der Waals surface area contributed by atoms with Crippen molar-refractivity contribution in [3.8, 4) is 34.3 Å². The number of aromatic nitrogens is 1. The maximum absolute atomic E-state index is 13.7. The van der Waals surface area contributed by atoms with Crippen molar-refractivity contribution < 1.29 is 23.7 Å². The lowest BCUT2D eigenvalue weighted by Crippen LogP contribution is -2.20. The Balaban J connectivity index is 1.30. The van der Waals surface area contributed by atoms with Crippen molar-refractivity contribution in [3.63, 3.8) is 0 Å². The molecule has 1 aliphatic rings. The third-order valence-corrected chi connectivity index (χ3v) is 7.37. The van der Waals surface area contributed by atoms with Gasteiger partial charge in [-0.2, -0.15) is 5.10 Å². The Morgan fingerprint density at radius 3 is 2.51 bits per heavy atom. The van der Waals surface area contributed by atoms with E-state index in [1.165, 1.54) is 0 Å². The van der Waals surface area contributed by atoms with Crippen LogP contribution in [-0.2, 0) is 0 Å². The van der Waals surface area contributed by atoms with Gasteiger partial charge in [0.2, 0.25) is 6.79 Å². The second kappa shape index (κ2) is 13.8. The number of benzene rings is 4. The van der Waals surface area contributed by atoms with Gasteiger partial charge in [0.15, 0.2) is 11.5 Å². The summed E-state index contributed by atoms with van der Waals surface area (Å²) >= 11 is 0. The summed E-state index contributed by atoms with van der Waals surface area (Å²) in [5, 5.41) is 5.30. The van der Waals surface area contributed by atoms with Gasteiger partial charge in [0, 0.05) is 16.5 Å². The number of hydrogen-bond acceptors (Lipinski definition) is 7. The van der Waals surface area contributed by atoms with Crippen LogP contribution in [0.3, 0.4) is 0 Å². The lowest BCUT2D eigenvalue weighted by atomic mass is 10.0. The molecule has 8 heteroatoms. The van der Waals surface area contributed by atoms with E-state index in [1.807, 2.05) is 103 Å². The van der Waals surface area contributed by atoms with Crippen LogP contribution < -0.4 is 24.4 Å². The molecule has 0 fully saturated rings. The van der Waals surface area contributed by atoms with Gasteiger partial charge in [-0.1, -0.05) is 43.7 Å². The van der Waals surface area contributed by atoms with Gasteiger partial charge in [-0.05, 0) is 90.9 Å². The number of carbonyl (C=O) groups excluding carboxylic acids is 1. The fraction of sp³-hybridized carbons (Fsp3) is 0.162. The molecule has 1 amide bonds. The highest BCUT2D eigenvalue weighted by Crippen LogP contribution is 2.33. The van der Waals surface area contributed by atoms with Crippen LogP contribution in [0.4, 0.5) is 0 Å². The van der Waals surface area contributed by atoms with Gasteiger partial charge in [-0.3, -0.25) is 4.79 Å². The maximum Gasteiger partial charge on any atom is 0.272 e. The van der Waals surface area contributed by atoms with Gasteiger partial charge in [0.25, 0.3) is 5.91 Å². The van der Waals surface area contributed by atoms with Gasteiger partial charge < -0.3 is 18.9 Å². The van der Waals surface area contributed by atoms with E-state index in [9.17, 15) is 4.79 Å². The number of pyridine rings is 1. The predicted octanol–water partition coefficient (Wildman–Crippen LogP) is 7.67. The lowest BCUT2D eigenvalue weighted by molar-refractivity contribution is 0.0956. The summed E-state index contributed by atoms with van der Waals surface area (Å²) in [5.74, 6) is 2.58. The van der Waals surface area contributed by atoms with Crippen molar-refractivity contribution in [2.45, 2.75) is 19.8 Å². The molecule has 0 radical (unpaired) electrons. The Morgan fingerprint density at radius 1 is 0.933 bits per heavy atom. The molecule has 226 valence electrons. The summed E-state index contributed by atoms with van der Waals surface area (Å²) in [4.78, 5) is 18.6. The van der Waals surface area contributed by atoms with Crippen molar-refractivity contribution in [2.24, 2.45) is 5.10 Å². The molecule has 6 rings (SSSR count). The number of hydrazone groups is 1. The Bertz CT molecular complexity index is 1860. The Morgan fingerprint density at radius 2 is 1.71 bits per heavy atom. The second-order valence-electron chi connectivity index (χ2n) is 10.4. The molecule has 1 aliphatic heterocycles. The van der Waals surface area contributed by atoms with E-state index in [4.69, 9.17) is 23.9 Å². The number of hydrogen-bond donors (Lipinski definition) is 1. The number of carbonyl (C=O) groups is 1. The molecular weight excluding hydrogens is 566 g/mol. The average molecular weight is 600 g/mol. The van der Waals surface area contributed by atoms with E-state index in [-0.39, 0.29) is 12.7 Å². The zero-order chi connectivity index (χ0) is 31.0. The third kappa shape index (κ3) is 6.96. The quantitative estimate of drug-likeness (QED) is 0.0952. The topological polar surface area (TPSA) is 91.3 Å². The first-order valence-corrected chi connectivity index (χ1v) is 14.8. The first-order chi connectivity index (χ1) is 22.1. The van der Waals surface area contributed by atoms with Crippen molar-refractivity contribution in [1.82, 2.24) is 10.4 Å². The monoisotopic (exact) mass is 599 g/mol. The summed E-state index contributed by atoms with van der Waals surface area (Å²) in [6.07, 6.45) is 5.83. The number of para-hydroxylation sites is 1. The van der Waals surface area contributed by atoms with Gasteiger partial charge in [-0.15, -0.1) is 0 Å². The zero-order valence-corrected chi connectivity index (χ0v) is 25.2. The second-order valence-corrected chi connectivity index (χ2v) is 10.4. The fourth-order valence-electron chi connectivity index (χ4n) is 4.89. The van der Waals surface area contributed by atoms with E-state index >= 15 is 0 Å². The van der Waals surface area contributed by atoms with Crippen LogP contribution in [0.25, 0.3) is 28.2 Å². The molecule has 0 saturated carbocycles. The first-order valence-electron chi connectivity index (χ1n) is 14.8. The van der Waals surface area contributed by atoms with Crippen LogP contribution >= 0.6 is 0 Å². The Kier molecular flexibility index (Phi) is 9.01. The molecule has 0 unspecified atom stereocenters. The SMILES string of the molecule is CCCCOc1ccc(-c2cc(C(=O)NN=C(/C=C\c3ccc4c(c3)OCO4)c3ccc(OC)cc3)c3ccccc3n2)cc1. The minimum Gasteiger partial charge on any atom is -0.497 e. The molecule has 4 aromatic carbocycles. The molecule has 45 heavy (non-hydrogen) atoms. The summed E-state index contributed by atoms with van der Waals surface area (Å²) < 4.78 is 22.1. The van der Waals surface area contributed by atoms with Crippen LogP contribution in [0.5, 0.6) is 23.0 Å². The highest BCUT2D eigenvalue weighted by atomic mass is 16.7. The van der Waals surface area contributed by atoms with Gasteiger partial charge in [0.1, 0.15) is 11.5 Å².